The highest BCUT2D eigenvalue weighted by atomic mass is 35.5. The van der Waals surface area contributed by atoms with Gasteiger partial charge in [0, 0.05) is 5.69 Å². The second-order valence-electron chi connectivity index (χ2n) is 5.29. The highest BCUT2D eigenvalue weighted by molar-refractivity contribution is 6.32. The first kappa shape index (κ1) is 18.8. The Morgan fingerprint density at radius 3 is 2.44 bits per heavy atom. The van der Waals surface area contributed by atoms with Gasteiger partial charge in [0.2, 0.25) is 5.91 Å². The molecule has 2 aromatic rings. The maximum Gasteiger partial charge on any atom is 0.338 e. The number of esters is 1. The maximum atomic E-state index is 11.9. The van der Waals surface area contributed by atoms with Crippen molar-refractivity contribution in [1.82, 2.24) is 0 Å². The molecular formula is C19H20ClNO4. The van der Waals surface area contributed by atoms with Crippen LogP contribution in [0.1, 0.15) is 30.1 Å². The Balaban J connectivity index is 1.78. The Bertz CT molecular complexity index is 716. The summed E-state index contributed by atoms with van der Waals surface area (Å²) in [7, 11) is 0. The summed E-state index contributed by atoms with van der Waals surface area (Å²) in [4.78, 5) is 23.6. The number of rotatable bonds is 8. The highest BCUT2D eigenvalue weighted by Gasteiger charge is 2.08. The van der Waals surface area contributed by atoms with Crippen molar-refractivity contribution >= 4 is 29.2 Å². The van der Waals surface area contributed by atoms with Crippen molar-refractivity contribution in [3.05, 3.63) is 59.1 Å². The predicted octanol–water partition coefficient (Wildman–Crippen LogP) is 4.31. The van der Waals surface area contributed by atoms with Crippen LogP contribution in [0, 0.1) is 0 Å². The number of hydrogen-bond acceptors (Lipinski definition) is 4. The third-order valence-corrected chi connectivity index (χ3v) is 3.58. The Hall–Kier alpha value is -2.53. The van der Waals surface area contributed by atoms with E-state index in [1.807, 2.05) is 19.1 Å². The van der Waals surface area contributed by atoms with Gasteiger partial charge >= 0.3 is 5.97 Å². The molecule has 1 N–H and O–H groups in total. The number of anilines is 1. The number of halogens is 1. The monoisotopic (exact) mass is 361 g/mol. The molecule has 0 unspecified atom stereocenters. The number of carbonyl (C=O) groups excluding carboxylic acids is 2. The summed E-state index contributed by atoms with van der Waals surface area (Å²) in [6.45, 7) is 2.54. The van der Waals surface area contributed by atoms with E-state index in [9.17, 15) is 9.59 Å². The molecule has 0 aliphatic heterocycles. The first-order valence-corrected chi connectivity index (χ1v) is 8.42. The lowest BCUT2D eigenvalue weighted by Crippen LogP contribution is -2.15. The summed E-state index contributed by atoms with van der Waals surface area (Å²) in [6.07, 6.45) is 0.960. The van der Waals surface area contributed by atoms with Crippen LogP contribution in [0.5, 0.6) is 5.75 Å². The Morgan fingerprint density at radius 2 is 1.76 bits per heavy atom. The van der Waals surface area contributed by atoms with Crippen molar-refractivity contribution in [2.24, 2.45) is 0 Å². The third kappa shape index (κ3) is 6.12. The zero-order valence-electron chi connectivity index (χ0n) is 14.0. The molecular weight excluding hydrogens is 342 g/mol. The minimum atomic E-state index is -0.368. The molecule has 0 atom stereocenters. The largest absolute Gasteiger partial charge is 0.491 e. The van der Waals surface area contributed by atoms with E-state index in [0.29, 0.717) is 28.6 Å². The lowest BCUT2D eigenvalue weighted by atomic mass is 10.2. The molecule has 1 amide bonds. The Morgan fingerprint density at radius 1 is 1.04 bits per heavy atom. The van der Waals surface area contributed by atoms with Crippen LogP contribution in [0.4, 0.5) is 5.69 Å². The molecule has 2 aromatic carbocycles. The number of benzene rings is 2. The van der Waals surface area contributed by atoms with Crippen molar-refractivity contribution < 1.29 is 19.1 Å². The van der Waals surface area contributed by atoms with Gasteiger partial charge in [-0.1, -0.05) is 30.7 Å². The zero-order valence-corrected chi connectivity index (χ0v) is 14.7. The van der Waals surface area contributed by atoms with Crippen LogP contribution in [0.2, 0.25) is 5.02 Å². The highest BCUT2D eigenvalue weighted by Crippen LogP contribution is 2.23. The molecule has 132 valence electrons. The second kappa shape index (κ2) is 9.69. The van der Waals surface area contributed by atoms with E-state index in [-0.39, 0.29) is 24.9 Å². The minimum Gasteiger partial charge on any atom is -0.491 e. The Labute approximate surface area is 151 Å². The number of amides is 1. The molecule has 0 fully saturated rings. The van der Waals surface area contributed by atoms with Gasteiger partial charge in [0.15, 0.2) is 0 Å². The SMILES string of the molecule is CCCOC(=O)c1ccc(NC(=O)CCOc2ccccc2Cl)cc1. The number of para-hydroxylation sites is 1. The molecule has 0 saturated heterocycles. The molecule has 0 radical (unpaired) electrons. The predicted molar refractivity (Wildman–Crippen MR) is 97.2 cm³/mol. The standard InChI is InChI=1S/C19H20ClNO4/c1-2-12-25-19(23)14-7-9-15(10-8-14)21-18(22)11-13-24-17-6-4-3-5-16(17)20/h3-10H,2,11-13H2,1H3,(H,21,22). The molecule has 0 aliphatic carbocycles. The average Bonchev–Trinajstić information content (AvgIpc) is 2.62. The van der Waals surface area contributed by atoms with Gasteiger partial charge in [-0.25, -0.2) is 4.79 Å². The van der Waals surface area contributed by atoms with Crippen LogP contribution >= 0.6 is 11.6 Å². The van der Waals surface area contributed by atoms with Crippen molar-refractivity contribution in [3.63, 3.8) is 0 Å². The van der Waals surface area contributed by atoms with Crippen molar-refractivity contribution in [3.8, 4) is 5.75 Å². The van der Waals surface area contributed by atoms with Gasteiger partial charge in [-0.3, -0.25) is 4.79 Å². The van der Waals surface area contributed by atoms with Crippen LogP contribution in [-0.4, -0.2) is 25.1 Å². The molecule has 0 aliphatic rings. The lowest BCUT2D eigenvalue weighted by molar-refractivity contribution is -0.116. The molecule has 0 heterocycles. The van der Waals surface area contributed by atoms with E-state index in [4.69, 9.17) is 21.1 Å². The summed E-state index contributed by atoms with van der Waals surface area (Å²) in [5.74, 6) is -0.00635. The fraction of sp³-hybridized carbons (Fsp3) is 0.263. The minimum absolute atomic E-state index is 0.186. The number of nitrogens with one attached hydrogen (secondary N) is 1. The van der Waals surface area contributed by atoms with Gasteiger partial charge < -0.3 is 14.8 Å². The van der Waals surface area contributed by atoms with Crippen molar-refractivity contribution in [1.29, 1.82) is 0 Å². The molecule has 0 aromatic heterocycles. The molecule has 0 spiro atoms. The Kier molecular flexibility index (Phi) is 7.29. The van der Waals surface area contributed by atoms with Crippen molar-refractivity contribution in [2.45, 2.75) is 19.8 Å². The number of hydrogen-bond donors (Lipinski definition) is 1. The fourth-order valence-corrected chi connectivity index (χ4v) is 2.20. The average molecular weight is 362 g/mol. The van der Waals surface area contributed by atoms with Crippen molar-refractivity contribution in [2.75, 3.05) is 18.5 Å². The van der Waals surface area contributed by atoms with Gasteiger partial charge in [0.25, 0.3) is 0 Å². The molecule has 5 nitrogen and oxygen atoms in total. The van der Waals surface area contributed by atoms with Gasteiger partial charge in [0.05, 0.1) is 30.2 Å². The van der Waals surface area contributed by atoms with Gasteiger partial charge in [-0.2, -0.15) is 0 Å². The van der Waals surface area contributed by atoms with Crippen LogP contribution in [0.3, 0.4) is 0 Å². The molecule has 25 heavy (non-hydrogen) atoms. The van der Waals surface area contributed by atoms with Crippen LogP contribution in [0.25, 0.3) is 0 Å². The van der Waals surface area contributed by atoms with E-state index in [1.54, 1.807) is 36.4 Å². The first-order chi connectivity index (χ1) is 12.1. The van der Waals surface area contributed by atoms with Crippen LogP contribution < -0.4 is 10.1 Å². The second-order valence-corrected chi connectivity index (χ2v) is 5.70. The summed E-state index contributed by atoms with van der Waals surface area (Å²) < 4.78 is 10.5. The number of carbonyl (C=O) groups is 2. The summed E-state index contributed by atoms with van der Waals surface area (Å²) in [6, 6.07) is 13.7. The summed E-state index contributed by atoms with van der Waals surface area (Å²) >= 11 is 5.98. The number of ether oxygens (including phenoxy) is 2. The normalized spacial score (nSPS) is 10.2. The van der Waals surface area contributed by atoms with E-state index >= 15 is 0 Å². The van der Waals surface area contributed by atoms with Gasteiger partial charge in [0.1, 0.15) is 5.75 Å². The van der Waals surface area contributed by atoms with Gasteiger partial charge in [-0.15, -0.1) is 0 Å². The summed E-state index contributed by atoms with van der Waals surface area (Å²) in [5.41, 5.74) is 1.06. The quantitative estimate of drug-likeness (QED) is 0.711. The molecule has 6 heteroatoms. The molecule has 0 saturated carbocycles. The molecule has 0 bridgehead atoms. The third-order valence-electron chi connectivity index (χ3n) is 3.26. The van der Waals surface area contributed by atoms with E-state index in [0.717, 1.165) is 6.42 Å². The van der Waals surface area contributed by atoms with Gasteiger partial charge in [-0.05, 0) is 42.8 Å². The molecule has 2 rings (SSSR count). The first-order valence-electron chi connectivity index (χ1n) is 8.04. The van der Waals surface area contributed by atoms with Crippen LogP contribution in [0.15, 0.2) is 48.5 Å². The zero-order chi connectivity index (χ0) is 18.1. The topological polar surface area (TPSA) is 64.6 Å². The smallest absolute Gasteiger partial charge is 0.338 e. The van der Waals surface area contributed by atoms with E-state index in [2.05, 4.69) is 5.32 Å². The lowest BCUT2D eigenvalue weighted by Gasteiger charge is -2.09. The van der Waals surface area contributed by atoms with Crippen LogP contribution in [-0.2, 0) is 9.53 Å². The maximum absolute atomic E-state index is 11.9. The van der Waals surface area contributed by atoms with E-state index < -0.39 is 0 Å². The van der Waals surface area contributed by atoms with E-state index in [1.165, 1.54) is 0 Å². The fourth-order valence-electron chi connectivity index (χ4n) is 2.01. The summed E-state index contributed by atoms with van der Waals surface area (Å²) in [5, 5.41) is 3.26.